The average molecular weight is 403 g/mol. The summed E-state index contributed by atoms with van der Waals surface area (Å²) in [5.74, 6) is -1.30. The fraction of sp³-hybridized carbons (Fsp3) is 0.158. The number of nitriles is 1. The van der Waals surface area contributed by atoms with E-state index < -0.39 is 18.5 Å². The molecule has 0 aromatic heterocycles. The molecule has 0 spiro atoms. The van der Waals surface area contributed by atoms with Crippen molar-refractivity contribution in [1.29, 1.82) is 5.26 Å². The van der Waals surface area contributed by atoms with Gasteiger partial charge in [-0.2, -0.15) is 5.26 Å². The average Bonchev–Trinajstić information content (AvgIpc) is 2.70. The normalized spacial score (nSPS) is 9.79. The lowest BCUT2D eigenvalue weighted by Gasteiger charge is -2.14. The Labute approximate surface area is 165 Å². The quantitative estimate of drug-likeness (QED) is 0.559. The summed E-state index contributed by atoms with van der Waals surface area (Å²) in [7, 11) is 2.69. The first-order chi connectivity index (χ1) is 13.4. The molecule has 0 heterocycles. The van der Waals surface area contributed by atoms with Gasteiger partial charge in [-0.3, -0.25) is 9.59 Å². The van der Waals surface area contributed by atoms with E-state index in [0.717, 1.165) is 0 Å². The highest BCUT2D eigenvalue weighted by Gasteiger charge is 2.23. The maximum Gasteiger partial charge on any atom is 0.343 e. The van der Waals surface area contributed by atoms with E-state index in [1.807, 2.05) is 6.07 Å². The van der Waals surface area contributed by atoms with Crippen molar-refractivity contribution in [3.63, 3.8) is 0 Å². The van der Waals surface area contributed by atoms with Crippen molar-refractivity contribution in [2.24, 2.45) is 0 Å². The number of nitrogens with zero attached hydrogens (tertiary/aromatic N) is 1. The standard InChI is InChI=1S/C19H15ClN2O6/c1-26-15-6-4-12(9-23)17(18(15)27-2)19(25)28-10-16(24)22-13-5-3-11(8-21)14(20)7-13/h3-7,9H,10H2,1-2H3,(H,22,24). The van der Waals surface area contributed by atoms with Crippen LogP contribution < -0.4 is 14.8 Å². The Kier molecular flexibility index (Phi) is 6.96. The van der Waals surface area contributed by atoms with Gasteiger partial charge in [-0.1, -0.05) is 11.6 Å². The van der Waals surface area contributed by atoms with E-state index in [0.29, 0.717) is 12.0 Å². The maximum atomic E-state index is 12.4. The molecule has 28 heavy (non-hydrogen) atoms. The van der Waals surface area contributed by atoms with Crippen molar-refractivity contribution in [2.75, 3.05) is 26.1 Å². The third-order valence-corrected chi connectivity index (χ3v) is 3.93. The minimum Gasteiger partial charge on any atom is -0.493 e. The molecule has 0 atom stereocenters. The van der Waals surface area contributed by atoms with Crippen LogP contribution in [0.2, 0.25) is 5.02 Å². The van der Waals surface area contributed by atoms with Crippen LogP contribution in [0, 0.1) is 11.3 Å². The molecule has 0 radical (unpaired) electrons. The lowest BCUT2D eigenvalue weighted by Crippen LogP contribution is -2.22. The monoisotopic (exact) mass is 402 g/mol. The Morgan fingerprint density at radius 3 is 2.54 bits per heavy atom. The molecule has 2 aromatic rings. The Hall–Kier alpha value is -3.57. The van der Waals surface area contributed by atoms with Crippen LogP contribution in [0.1, 0.15) is 26.3 Å². The first-order valence-electron chi connectivity index (χ1n) is 7.82. The van der Waals surface area contributed by atoms with Crippen LogP contribution in [0.25, 0.3) is 0 Å². The first-order valence-corrected chi connectivity index (χ1v) is 8.19. The number of aldehydes is 1. The lowest BCUT2D eigenvalue weighted by molar-refractivity contribution is -0.119. The number of anilines is 1. The number of nitrogens with one attached hydrogen (secondary N) is 1. The third-order valence-electron chi connectivity index (χ3n) is 3.62. The molecular formula is C19H15ClN2O6. The van der Waals surface area contributed by atoms with E-state index in [2.05, 4.69) is 5.32 Å². The van der Waals surface area contributed by atoms with Gasteiger partial charge in [0.25, 0.3) is 5.91 Å². The molecule has 9 heteroatoms. The molecule has 0 bridgehead atoms. The van der Waals surface area contributed by atoms with Crippen molar-refractivity contribution in [3.8, 4) is 17.6 Å². The third kappa shape index (κ3) is 4.58. The predicted molar refractivity (Wildman–Crippen MR) is 100 cm³/mol. The van der Waals surface area contributed by atoms with Gasteiger partial charge in [0.05, 0.1) is 24.8 Å². The van der Waals surface area contributed by atoms with E-state index in [1.165, 1.54) is 44.6 Å². The molecule has 144 valence electrons. The van der Waals surface area contributed by atoms with Crippen LogP contribution in [-0.2, 0) is 9.53 Å². The summed E-state index contributed by atoms with van der Waals surface area (Å²) in [6.07, 6.45) is 0.470. The number of amides is 1. The number of rotatable bonds is 7. The second-order valence-electron chi connectivity index (χ2n) is 5.31. The van der Waals surface area contributed by atoms with Crippen molar-refractivity contribution >= 4 is 35.5 Å². The van der Waals surface area contributed by atoms with Gasteiger partial charge >= 0.3 is 5.97 Å². The van der Waals surface area contributed by atoms with E-state index in [-0.39, 0.29) is 33.2 Å². The molecule has 1 amide bonds. The number of methoxy groups -OCH3 is 2. The first kappa shape index (κ1) is 20.7. The number of benzene rings is 2. The highest BCUT2D eigenvalue weighted by atomic mass is 35.5. The molecule has 0 aliphatic carbocycles. The SMILES string of the molecule is COc1ccc(C=O)c(C(=O)OCC(=O)Nc2ccc(C#N)c(Cl)c2)c1OC. The fourth-order valence-electron chi connectivity index (χ4n) is 2.33. The zero-order chi connectivity index (χ0) is 20.7. The number of ether oxygens (including phenoxy) is 3. The van der Waals surface area contributed by atoms with Crippen LogP contribution in [0.5, 0.6) is 11.5 Å². The van der Waals surface area contributed by atoms with Crippen LogP contribution >= 0.6 is 11.6 Å². The molecule has 0 saturated carbocycles. The summed E-state index contributed by atoms with van der Waals surface area (Å²) in [5.41, 5.74) is 0.475. The Morgan fingerprint density at radius 1 is 1.21 bits per heavy atom. The number of hydrogen-bond acceptors (Lipinski definition) is 7. The smallest absolute Gasteiger partial charge is 0.343 e. The zero-order valence-corrected chi connectivity index (χ0v) is 15.7. The van der Waals surface area contributed by atoms with E-state index in [1.54, 1.807) is 0 Å². The fourth-order valence-corrected chi connectivity index (χ4v) is 2.56. The summed E-state index contributed by atoms with van der Waals surface area (Å²) < 4.78 is 15.2. The summed E-state index contributed by atoms with van der Waals surface area (Å²) in [6.45, 7) is -0.616. The van der Waals surface area contributed by atoms with E-state index >= 15 is 0 Å². The molecule has 1 N–H and O–H groups in total. The lowest BCUT2D eigenvalue weighted by atomic mass is 10.1. The van der Waals surface area contributed by atoms with Gasteiger partial charge in [-0.15, -0.1) is 0 Å². The summed E-state index contributed by atoms with van der Waals surface area (Å²) in [4.78, 5) is 35.7. The number of halogens is 1. The maximum absolute atomic E-state index is 12.4. The molecule has 0 fully saturated rings. The number of carbonyl (C=O) groups is 3. The minimum absolute atomic E-state index is 0.0244. The van der Waals surface area contributed by atoms with E-state index in [9.17, 15) is 14.4 Å². The van der Waals surface area contributed by atoms with Crippen molar-refractivity contribution < 1.29 is 28.6 Å². The summed E-state index contributed by atoms with van der Waals surface area (Å²) in [5, 5.41) is 11.5. The van der Waals surface area contributed by atoms with Crippen LogP contribution in [-0.4, -0.2) is 39.0 Å². The number of hydrogen-bond donors (Lipinski definition) is 1. The number of esters is 1. The van der Waals surface area contributed by atoms with Crippen molar-refractivity contribution in [3.05, 3.63) is 52.0 Å². The zero-order valence-electron chi connectivity index (χ0n) is 14.9. The van der Waals surface area contributed by atoms with Gasteiger partial charge in [-0.05, 0) is 30.3 Å². The Morgan fingerprint density at radius 2 is 1.96 bits per heavy atom. The van der Waals surface area contributed by atoms with Gasteiger partial charge in [-0.25, -0.2) is 4.79 Å². The number of carbonyl (C=O) groups excluding carboxylic acids is 3. The second-order valence-corrected chi connectivity index (χ2v) is 5.72. The predicted octanol–water partition coefficient (Wildman–Crippen LogP) is 2.84. The molecule has 0 aliphatic rings. The van der Waals surface area contributed by atoms with Crippen molar-refractivity contribution in [2.45, 2.75) is 0 Å². The second kappa shape index (κ2) is 9.39. The highest BCUT2D eigenvalue weighted by Crippen LogP contribution is 2.33. The molecule has 0 saturated heterocycles. The Balaban J connectivity index is 2.12. The topological polar surface area (TPSA) is 115 Å². The van der Waals surface area contributed by atoms with Gasteiger partial charge < -0.3 is 19.5 Å². The van der Waals surface area contributed by atoms with Crippen LogP contribution in [0.15, 0.2) is 30.3 Å². The van der Waals surface area contributed by atoms with E-state index in [4.69, 9.17) is 31.1 Å². The largest absolute Gasteiger partial charge is 0.493 e. The molecule has 0 unspecified atom stereocenters. The molecule has 8 nitrogen and oxygen atoms in total. The highest BCUT2D eigenvalue weighted by molar-refractivity contribution is 6.32. The van der Waals surface area contributed by atoms with Gasteiger partial charge in [0.15, 0.2) is 24.4 Å². The van der Waals surface area contributed by atoms with Crippen LogP contribution in [0.4, 0.5) is 5.69 Å². The molecule has 2 aromatic carbocycles. The molecular weight excluding hydrogens is 388 g/mol. The Bertz CT molecular complexity index is 968. The minimum atomic E-state index is -0.925. The van der Waals surface area contributed by atoms with Gasteiger partial charge in [0.1, 0.15) is 11.6 Å². The van der Waals surface area contributed by atoms with Gasteiger partial charge in [0.2, 0.25) is 0 Å². The van der Waals surface area contributed by atoms with Crippen molar-refractivity contribution in [1.82, 2.24) is 0 Å². The summed E-state index contributed by atoms with van der Waals surface area (Å²) in [6, 6.07) is 9.08. The molecule has 0 aliphatic heterocycles. The van der Waals surface area contributed by atoms with Crippen LogP contribution in [0.3, 0.4) is 0 Å². The van der Waals surface area contributed by atoms with Gasteiger partial charge in [0, 0.05) is 11.3 Å². The molecule has 2 rings (SSSR count). The summed E-state index contributed by atoms with van der Waals surface area (Å²) >= 11 is 5.90.